The third-order valence-electron chi connectivity index (χ3n) is 3.41. The topological polar surface area (TPSA) is 119 Å². The highest BCUT2D eigenvalue weighted by Crippen LogP contribution is 2.33. The normalized spacial score (nSPS) is 12.1. The molecule has 3 N–H and O–H groups in total. The number of benzene rings is 1. The number of thioether (sulfide) groups is 1. The lowest BCUT2D eigenvalue weighted by Gasteiger charge is -2.18. The summed E-state index contributed by atoms with van der Waals surface area (Å²) in [5, 5.41) is 2.37. The van der Waals surface area contributed by atoms with E-state index in [1.54, 1.807) is 24.3 Å². The lowest BCUT2D eigenvalue weighted by Crippen LogP contribution is -2.48. The van der Waals surface area contributed by atoms with Gasteiger partial charge in [0.15, 0.2) is 11.5 Å². The van der Waals surface area contributed by atoms with E-state index < -0.39 is 17.7 Å². The van der Waals surface area contributed by atoms with Gasteiger partial charge in [0.2, 0.25) is 5.91 Å². The maximum Gasteiger partial charge on any atom is 0.327 e. The van der Waals surface area contributed by atoms with E-state index in [-0.39, 0.29) is 12.3 Å². The van der Waals surface area contributed by atoms with Crippen LogP contribution in [0.25, 0.3) is 0 Å². The van der Waals surface area contributed by atoms with Crippen molar-refractivity contribution in [1.29, 1.82) is 0 Å². The fourth-order valence-electron chi connectivity index (χ4n) is 2.14. The molecule has 1 aromatic heterocycles. The van der Waals surface area contributed by atoms with Crippen molar-refractivity contribution in [2.45, 2.75) is 11.4 Å². The number of hydrogen-bond acceptors (Lipinski definition) is 7. The van der Waals surface area contributed by atoms with Gasteiger partial charge in [-0.2, -0.15) is 0 Å². The zero-order valence-electron chi connectivity index (χ0n) is 14.2. The second kappa shape index (κ2) is 8.99. The number of ether oxygens (including phenoxy) is 2. The molecule has 142 valence electrons. The number of carbonyl (C=O) groups excluding carboxylic acids is 3. The molecule has 0 aliphatic carbocycles. The highest BCUT2D eigenvalue weighted by atomic mass is 32.2. The molecule has 0 fully saturated rings. The Kier molecular flexibility index (Phi) is 6.21. The molecule has 0 bridgehead atoms. The molecule has 0 saturated carbocycles. The Morgan fingerprint density at radius 3 is 2.59 bits per heavy atom. The molecule has 27 heavy (non-hydrogen) atoms. The van der Waals surface area contributed by atoms with E-state index in [0.29, 0.717) is 30.5 Å². The molecule has 3 rings (SSSR count). The quantitative estimate of drug-likeness (QED) is 0.388. The predicted molar refractivity (Wildman–Crippen MR) is 95.0 cm³/mol. The van der Waals surface area contributed by atoms with Gasteiger partial charge in [-0.1, -0.05) is 0 Å². The minimum atomic E-state index is -0.973. The van der Waals surface area contributed by atoms with Crippen LogP contribution in [0.4, 0.5) is 0 Å². The van der Waals surface area contributed by atoms with Gasteiger partial charge >= 0.3 is 11.8 Å². The molecule has 9 nitrogen and oxygen atoms in total. The van der Waals surface area contributed by atoms with Gasteiger partial charge in [-0.25, -0.2) is 0 Å². The van der Waals surface area contributed by atoms with Crippen molar-refractivity contribution in [3.63, 3.8) is 0 Å². The molecule has 0 atom stereocenters. The smallest absolute Gasteiger partial charge is 0.327 e. The minimum Gasteiger partial charge on any atom is -0.486 e. The van der Waals surface area contributed by atoms with Crippen molar-refractivity contribution in [2.24, 2.45) is 0 Å². The summed E-state index contributed by atoms with van der Waals surface area (Å²) in [7, 11) is 0. The first-order valence-electron chi connectivity index (χ1n) is 8.03. The van der Waals surface area contributed by atoms with Gasteiger partial charge < -0.3 is 19.2 Å². The highest BCUT2D eigenvalue weighted by Gasteiger charge is 2.15. The Hall–Kier alpha value is -3.14. The van der Waals surface area contributed by atoms with E-state index in [0.717, 1.165) is 4.90 Å². The summed E-state index contributed by atoms with van der Waals surface area (Å²) < 4.78 is 15.9. The number of carbonyl (C=O) groups is 3. The molecule has 1 aromatic carbocycles. The number of hydrogen-bond donors (Lipinski definition) is 3. The Balaban J connectivity index is 1.37. The van der Waals surface area contributed by atoms with Gasteiger partial charge in [-0.15, -0.1) is 11.8 Å². The van der Waals surface area contributed by atoms with Crippen molar-refractivity contribution in [3.05, 3.63) is 42.4 Å². The monoisotopic (exact) mass is 391 g/mol. The molecule has 1 aliphatic rings. The summed E-state index contributed by atoms with van der Waals surface area (Å²) in [6.07, 6.45) is 1.46. The van der Waals surface area contributed by atoms with Gasteiger partial charge in [0.25, 0.3) is 0 Å². The van der Waals surface area contributed by atoms with E-state index in [9.17, 15) is 14.4 Å². The highest BCUT2D eigenvalue weighted by molar-refractivity contribution is 8.00. The molecule has 2 heterocycles. The Morgan fingerprint density at radius 2 is 1.81 bits per heavy atom. The van der Waals surface area contributed by atoms with Crippen LogP contribution in [0.3, 0.4) is 0 Å². The second-order valence-electron chi connectivity index (χ2n) is 5.36. The van der Waals surface area contributed by atoms with Gasteiger partial charge in [0.1, 0.15) is 19.0 Å². The zero-order valence-corrected chi connectivity index (χ0v) is 15.0. The van der Waals surface area contributed by atoms with Crippen LogP contribution in [-0.4, -0.2) is 36.7 Å². The lowest BCUT2D eigenvalue weighted by molar-refractivity contribution is -0.140. The van der Waals surface area contributed by atoms with Crippen molar-refractivity contribution in [1.82, 2.24) is 16.2 Å². The molecule has 10 heteroatoms. The van der Waals surface area contributed by atoms with Crippen LogP contribution < -0.4 is 25.6 Å². The summed E-state index contributed by atoms with van der Waals surface area (Å²) in [5.41, 5.74) is 4.25. The third-order valence-corrected chi connectivity index (χ3v) is 4.40. The van der Waals surface area contributed by atoms with Crippen LogP contribution in [0.15, 0.2) is 45.9 Å². The first-order chi connectivity index (χ1) is 13.1. The minimum absolute atomic E-state index is 0.0495. The second-order valence-corrected chi connectivity index (χ2v) is 6.41. The Labute approximate surface area is 158 Å². The fraction of sp³-hybridized carbons (Fsp3) is 0.235. The number of rotatable bonds is 5. The molecule has 0 unspecified atom stereocenters. The predicted octanol–water partition coefficient (Wildman–Crippen LogP) is 0.607. The number of fused-ring (bicyclic) bond motifs is 1. The lowest BCUT2D eigenvalue weighted by atomic mass is 10.3. The third kappa shape index (κ3) is 5.42. The molecule has 0 spiro atoms. The summed E-state index contributed by atoms with van der Waals surface area (Å²) >= 11 is 1.26. The van der Waals surface area contributed by atoms with Gasteiger partial charge in [0.05, 0.1) is 18.6 Å². The summed E-state index contributed by atoms with van der Waals surface area (Å²) in [6, 6.07) is 8.70. The molecular formula is C17H17N3O6S. The molecule has 0 saturated heterocycles. The number of amides is 3. The fourth-order valence-corrected chi connectivity index (χ4v) is 2.87. The van der Waals surface area contributed by atoms with Gasteiger partial charge in [-0.3, -0.25) is 25.2 Å². The first kappa shape index (κ1) is 18.6. The van der Waals surface area contributed by atoms with Crippen LogP contribution in [0.2, 0.25) is 0 Å². The molecule has 1 aliphatic heterocycles. The average Bonchev–Trinajstić information content (AvgIpc) is 3.22. The summed E-state index contributed by atoms with van der Waals surface area (Å²) in [6.45, 7) is 1.07. The number of furan rings is 1. The average molecular weight is 391 g/mol. The first-order valence-corrected chi connectivity index (χ1v) is 9.02. The maximum absolute atomic E-state index is 11.8. The van der Waals surface area contributed by atoms with E-state index >= 15 is 0 Å². The van der Waals surface area contributed by atoms with E-state index in [2.05, 4.69) is 16.2 Å². The Morgan fingerprint density at radius 1 is 1.00 bits per heavy atom. The van der Waals surface area contributed by atoms with E-state index in [4.69, 9.17) is 13.9 Å². The largest absolute Gasteiger partial charge is 0.486 e. The van der Waals surface area contributed by atoms with Crippen molar-refractivity contribution >= 4 is 29.5 Å². The van der Waals surface area contributed by atoms with Crippen molar-refractivity contribution in [3.8, 4) is 11.5 Å². The van der Waals surface area contributed by atoms with Crippen LogP contribution in [0.1, 0.15) is 5.76 Å². The summed E-state index contributed by atoms with van der Waals surface area (Å²) in [5.74, 6) is -0.451. The van der Waals surface area contributed by atoms with Crippen molar-refractivity contribution < 1.29 is 28.3 Å². The van der Waals surface area contributed by atoms with Gasteiger partial charge in [-0.05, 0) is 30.3 Å². The number of hydrazine groups is 1. The maximum atomic E-state index is 11.8. The molecule has 2 aromatic rings. The summed E-state index contributed by atoms with van der Waals surface area (Å²) in [4.78, 5) is 35.9. The van der Waals surface area contributed by atoms with Crippen LogP contribution in [-0.2, 0) is 20.9 Å². The van der Waals surface area contributed by atoms with Crippen molar-refractivity contribution in [2.75, 3.05) is 19.0 Å². The van der Waals surface area contributed by atoms with Crippen LogP contribution in [0, 0.1) is 0 Å². The van der Waals surface area contributed by atoms with Gasteiger partial charge in [0, 0.05) is 4.90 Å². The zero-order chi connectivity index (χ0) is 19.1. The molecular weight excluding hydrogens is 374 g/mol. The molecule has 3 amide bonds. The van der Waals surface area contributed by atoms with E-state index in [1.165, 1.54) is 18.0 Å². The van der Waals surface area contributed by atoms with Crippen LogP contribution in [0.5, 0.6) is 11.5 Å². The standard InChI is InChI=1S/C17H17N3O6S/c21-15(10-27-12-3-4-13-14(8-12)26-7-6-25-13)19-20-17(23)16(22)18-9-11-2-1-5-24-11/h1-5,8H,6-7,9-10H2,(H,18,22)(H,19,21)(H,20,23). The number of nitrogens with one attached hydrogen (secondary N) is 3. The Bertz CT molecular complexity index is 824. The van der Waals surface area contributed by atoms with E-state index in [1.807, 2.05) is 6.07 Å². The SMILES string of the molecule is O=C(CSc1ccc2c(c1)OCCO2)NNC(=O)C(=O)NCc1ccco1. The van der Waals surface area contributed by atoms with Crippen LogP contribution >= 0.6 is 11.8 Å². The molecule has 0 radical (unpaired) electrons.